The van der Waals surface area contributed by atoms with Gasteiger partial charge in [0.25, 0.3) is 0 Å². The van der Waals surface area contributed by atoms with Gasteiger partial charge in [-0.2, -0.15) is 0 Å². The molecule has 0 amide bonds. The largest absolute Gasteiger partial charge is 0.497 e. The first-order chi connectivity index (χ1) is 9.28. The minimum atomic E-state index is -0.0125. The first-order valence-corrected chi connectivity index (χ1v) is 7.60. The summed E-state index contributed by atoms with van der Waals surface area (Å²) in [4.78, 5) is 2.84. The fourth-order valence-electron chi connectivity index (χ4n) is 2.64. The molecule has 2 aromatic rings. The monoisotopic (exact) mass is 273 g/mol. The molecule has 0 bridgehead atoms. The molecule has 3 rings (SSSR count). The minimum absolute atomic E-state index is 0.0125. The van der Waals surface area contributed by atoms with Crippen LogP contribution in [0.1, 0.15) is 39.8 Å². The van der Waals surface area contributed by atoms with Crippen molar-refractivity contribution in [2.24, 2.45) is 5.73 Å². The van der Waals surface area contributed by atoms with E-state index in [-0.39, 0.29) is 6.04 Å². The van der Waals surface area contributed by atoms with Crippen molar-refractivity contribution in [3.05, 3.63) is 51.2 Å². The molecule has 1 aromatic carbocycles. The average molecular weight is 273 g/mol. The summed E-state index contributed by atoms with van der Waals surface area (Å²) in [5, 5.41) is 0. The van der Waals surface area contributed by atoms with Gasteiger partial charge in [-0.15, -0.1) is 11.3 Å². The number of hydrogen-bond donors (Lipinski definition) is 1. The van der Waals surface area contributed by atoms with Crippen LogP contribution in [0, 0.1) is 0 Å². The molecule has 2 nitrogen and oxygen atoms in total. The molecule has 1 aliphatic rings. The Morgan fingerprint density at radius 3 is 2.58 bits per heavy atom. The van der Waals surface area contributed by atoms with Crippen molar-refractivity contribution in [1.29, 1.82) is 0 Å². The number of benzene rings is 1. The molecule has 100 valence electrons. The SMILES string of the molecule is COc1ccc(C(N)c2cc3c(s2)CCCC3)cc1. The van der Waals surface area contributed by atoms with Crippen molar-refractivity contribution in [1.82, 2.24) is 0 Å². The van der Waals surface area contributed by atoms with E-state index >= 15 is 0 Å². The van der Waals surface area contributed by atoms with E-state index in [9.17, 15) is 0 Å². The number of ether oxygens (including phenoxy) is 1. The Labute approximate surface area is 118 Å². The molecule has 1 aliphatic carbocycles. The van der Waals surface area contributed by atoms with Gasteiger partial charge in [-0.25, -0.2) is 0 Å². The van der Waals surface area contributed by atoms with Crippen molar-refractivity contribution >= 4 is 11.3 Å². The topological polar surface area (TPSA) is 35.2 Å². The average Bonchev–Trinajstić information content (AvgIpc) is 2.90. The summed E-state index contributed by atoms with van der Waals surface area (Å²) < 4.78 is 5.18. The Bertz CT molecular complexity index is 535. The number of nitrogens with two attached hydrogens (primary N) is 1. The zero-order valence-electron chi connectivity index (χ0n) is 11.2. The highest BCUT2D eigenvalue weighted by Crippen LogP contribution is 2.34. The summed E-state index contributed by atoms with van der Waals surface area (Å²) in [6, 6.07) is 10.4. The van der Waals surface area contributed by atoms with Gasteiger partial charge in [0.1, 0.15) is 5.75 Å². The molecule has 0 saturated heterocycles. The van der Waals surface area contributed by atoms with E-state index in [1.165, 1.54) is 36.1 Å². The summed E-state index contributed by atoms with van der Waals surface area (Å²) >= 11 is 1.89. The second kappa shape index (κ2) is 5.35. The molecule has 3 heteroatoms. The highest BCUT2D eigenvalue weighted by Gasteiger charge is 2.17. The number of methoxy groups -OCH3 is 1. The second-order valence-corrected chi connectivity index (χ2v) is 6.22. The fourth-order valence-corrected chi connectivity index (χ4v) is 3.93. The molecule has 19 heavy (non-hydrogen) atoms. The van der Waals surface area contributed by atoms with Crippen LogP contribution in [-0.4, -0.2) is 7.11 Å². The van der Waals surface area contributed by atoms with Crippen LogP contribution in [0.25, 0.3) is 0 Å². The predicted octanol–water partition coefficient (Wildman–Crippen LogP) is 3.68. The number of rotatable bonds is 3. The quantitative estimate of drug-likeness (QED) is 0.925. The number of hydrogen-bond acceptors (Lipinski definition) is 3. The Hall–Kier alpha value is -1.32. The Morgan fingerprint density at radius 2 is 1.89 bits per heavy atom. The van der Waals surface area contributed by atoms with Gasteiger partial charge in [0.05, 0.1) is 13.2 Å². The second-order valence-electron chi connectivity index (χ2n) is 5.06. The first kappa shape index (κ1) is 12.7. The highest BCUT2D eigenvalue weighted by atomic mass is 32.1. The van der Waals surface area contributed by atoms with E-state index in [4.69, 9.17) is 10.5 Å². The molecule has 0 fully saturated rings. The minimum Gasteiger partial charge on any atom is -0.497 e. The number of aryl methyl sites for hydroxylation is 2. The zero-order valence-corrected chi connectivity index (χ0v) is 12.0. The summed E-state index contributed by atoms with van der Waals surface area (Å²) in [5.74, 6) is 0.876. The van der Waals surface area contributed by atoms with E-state index in [1.807, 2.05) is 23.5 Å². The van der Waals surface area contributed by atoms with Crippen LogP contribution in [0.4, 0.5) is 0 Å². The van der Waals surface area contributed by atoms with Crippen molar-refractivity contribution in [3.8, 4) is 5.75 Å². The van der Waals surface area contributed by atoms with Gasteiger partial charge in [-0.05, 0) is 55.0 Å². The van der Waals surface area contributed by atoms with Gasteiger partial charge < -0.3 is 10.5 Å². The maximum atomic E-state index is 6.39. The zero-order chi connectivity index (χ0) is 13.2. The number of thiophene rings is 1. The van der Waals surface area contributed by atoms with Gasteiger partial charge >= 0.3 is 0 Å². The van der Waals surface area contributed by atoms with Crippen LogP contribution in [0.15, 0.2) is 30.3 Å². The van der Waals surface area contributed by atoms with E-state index in [0.717, 1.165) is 11.3 Å². The van der Waals surface area contributed by atoms with Crippen LogP contribution in [0.5, 0.6) is 5.75 Å². The molecular weight excluding hydrogens is 254 g/mol. The van der Waals surface area contributed by atoms with E-state index in [1.54, 1.807) is 12.0 Å². The molecule has 0 aliphatic heterocycles. The maximum Gasteiger partial charge on any atom is 0.118 e. The lowest BCUT2D eigenvalue weighted by Gasteiger charge is -2.10. The standard InChI is InChI=1S/C16H19NOS/c1-18-13-8-6-11(7-9-13)16(17)15-10-12-4-2-3-5-14(12)19-15/h6-10,16H,2-5,17H2,1H3. The molecule has 1 heterocycles. The third-order valence-electron chi connectivity index (χ3n) is 3.80. The van der Waals surface area contributed by atoms with E-state index < -0.39 is 0 Å². The third-order valence-corrected chi connectivity index (χ3v) is 5.12. The molecule has 1 atom stereocenters. The summed E-state index contributed by atoms with van der Waals surface area (Å²) in [6.07, 6.45) is 5.10. The third kappa shape index (κ3) is 2.53. The van der Waals surface area contributed by atoms with Crippen molar-refractivity contribution in [3.63, 3.8) is 0 Å². The van der Waals surface area contributed by atoms with Crippen LogP contribution in [0.2, 0.25) is 0 Å². The van der Waals surface area contributed by atoms with Gasteiger partial charge in [0, 0.05) is 9.75 Å². The van der Waals surface area contributed by atoms with Crippen LogP contribution in [0.3, 0.4) is 0 Å². The molecule has 0 radical (unpaired) electrons. The van der Waals surface area contributed by atoms with Crippen LogP contribution < -0.4 is 10.5 Å². The van der Waals surface area contributed by atoms with Crippen LogP contribution >= 0.6 is 11.3 Å². The smallest absolute Gasteiger partial charge is 0.118 e. The van der Waals surface area contributed by atoms with Gasteiger partial charge in [-0.3, -0.25) is 0 Å². The maximum absolute atomic E-state index is 6.39. The van der Waals surface area contributed by atoms with Crippen molar-refractivity contribution < 1.29 is 4.74 Å². The molecule has 0 spiro atoms. The Balaban J connectivity index is 1.85. The first-order valence-electron chi connectivity index (χ1n) is 6.79. The van der Waals surface area contributed by atoms with Gasteiger partial charge in [0.15, 0.2) is 0 Å². The normalized spacial score (nSPS) is 15.9. The fraction of sp³-hybridized carbons (Fsp3) is 0.375. The Morgan fingerprint density at radius 1 is 1.16 bits per heavy atom. The van der Waals surface area contributed by atoms with Crippen molar-refractivity contribution in [2.45, 2.75) is 31.7 Å². The highest BCUT2D eigenvalue weighted by molar-refractivity contribution is 7.12. The van der Waals surface area contributed by atoms with Crippen molar-refractivity contribution in [2.75, 3.05) is 7.11 Å². The summed E-state index contributed by atoms with van der Waals surface area (Å²) in [7, 11) is 1.68. The lowest BCUT2D eigenvalue weighted by molar-refractivity contribution is 0.414. The molecular formula is C16H19NOS. The lowest BCUT2D eigenvalue weighted by Crippen LogP contribution is -2.09. The molecule has 1 aromatic heterocycles. The van der Waals surface area contributed by atoms with Gasteiger partial charge in [-0.1, -0.05) is 12.1 Å². The number of fused-ring (bicyclic) bond motifs is 1. The molecule has 0 saturated carbocycles. The van der Waals surface area contributed by atoms with E-state index in [0.29, 0.717) is 0 Å². The Kier molecular flexibility index (Phi) is 3.58. The predicted molar refractivity (Wildman–Crippen MR) is 80.0 cm³/mol. The summed E-state index contributed by atoms with van der Waals surface area (Å²) in [6.45, 7) is 0. The van der Waals surface area contributed by atoms with Crippen LogP contribution in [-0.2, 0) is 12.8 Å². The van der Waals surface area contributed by atoms with E-state index in [2.05, 4.69) is 18.2 Å². The summed E-state index contributed by atoms with van der Waals surface area (Å²) in [5.41, 5.74) is 9.07. The lowest BCUT2D eigenvalue weighted by atomic mass is 9.98. The van der Waals surface area contributed by atoms with Gasteiger partial charge in [0.2, 0.25) is 0 Å². The molecule has 2 N–H and O–H groups in total. The molecule has 1 unspecified atom stereocenters.